The maximum absolute atomic E-state index is 13.2. The molecule has 4 heteroatoms. The molecule has 0 aliphatic carbocycles. The molecule has 3 aromatic rings. The Bertz CT molecular complexity index is 986. The van der Waals surface area contributed by atoms with E-state index in [2.05, 4.69) is 6.07 Å². The lowest BCUT2D eigenvalue weighted by atomic mass is 10.0. The highest BCUT2D eigenvalue weighted by atomic mass is 16.2. The Labute approximate surface area is 171 Å². The van der Waals surface area contributed by atoms with Crippen LogP contribution in [0, 0.1) is 0 Å². The highest BCUT2D eigenvalue weighted by Gasteiger charge is 2.26. The van der Waals surface area contributed by atoms with Gasteiger partial charge in [0.05, 0.1) is 6.54 Å². The highest BCUT2D eigenvalue weighted by molar-refractivity contribution is 6.10. The molecule has 4 rings (SSSR count). The van der Waals surface area contributed by atoms with Gasteiger partial charge in [-0.2, -0.15) is 0 Å². The topological polar surface area (TPSA) is 40.6 Å². The van der Waals surface area contributed by atoms with Crippen molar-refractivity contribution in [3.63, 3.8) is 0 Å². The third-order valence-corrected chi connectivity index (χ3v) is 5.27. The van der Waals surface area contributed by atoms with Crippen LogP contribution in [0.3, 0.4) is 0 Å². The molecular weight excluding hydrogens is 360 g/mol. The van der Waals surface area contributed by atoms with Gasteiger partial charge < -0.3 is 9.80 Å². The summed E-state index contributed by atoms with van der Waals surface area (Å²) in [6.07, 6.45) is 1.75. The van der Waals surface area contributed by atoms with Gasteiger partial charge in [0.2, 0.25) is 11.8 Å². The number of aryl methyl sites for hydroxylation is 1. The van der Waals surface area contributed by atoms with E-state index in [4.69, 9.17) is 0 Å². The van der Waals surface area contributed by atoms with E-state index in [9.17, 15) is 9.59 Å². The predicted molar refractivity (Wildman–Crippen MR) is 116 cm³/mol. The number of carbonyl (C=O) groups is 2. The fraction of sp³-hybridized carbons (Fsp3) is 0.200. The lowest BCUT2D eigenvalue weighted by Gasteiger charge is -2.30. The maximum Gasteiger partial charge on any atom is 0.236 e. The molecule has 0 radical (unpaired) electrons. The zero-order valence-electron chi connectivity index (χ0n) is 16.3. The van der Waals surface area contributed by atoms with Crippen molar-refractivity contribution in [2.75, 3.05) is 16.3 Å². The Morgan fingerprint density at radius 1 is 0.828 bits per heavy atom. The molecule has 0 fully saturated rings. The molecule has 29 heavy (non-hydrogen) atoms. The zero-order chi connectivity index (χ0) is 20.1. The van der Waals surface area contributed by atoms with Crippen molar-refractivity contribution >= 4 is 23.2 Å². The number of hydrogen-bond donors (Lipinski definition) is 0. The molecule has 1 aliphatic heterocycles. The minimum absolute atomic E-state index is 0.142. The van der Waals surface area contributed by atoms with Crippen molar-refractivity contribution in [3.8, 4) is 0 Å². The molecule has 146 valence electrons. The fourth-order valence-electron chi connectivity index (χ4n) is 3.81. The van der Waals surface area contributed by atoms with Crippen LogP contribution < -0.4 is 9.80 Å². The molecule has 0 saturated heterocycles. The summed E-state index contributed by atoms with van der Waals surface area (Å²) < 4.78 is 0. The first-order valence-corrected chi connectivity index (χ1v) is 10.00. The molecule has 0 aromatic heterocycles. The minimum atomic E-state index is -0.187. The number of para-hydroxylation sites is 2. The van der Waals surface area contributed by atoms with E-state index in [0.29, 0.717) is 13.1 Å². The van der Waals surface area contributed by atoms with Crippen molar-refractivity contribution in [2.24, 2.45) is 0 Å². The quantitative estimate of drug-likeness (QED) is 0.604. The second-order valence-corrected chi connectivity index (χ2v) is 7.26. The molecule has 1 heterocycles. The minimum Gasteiger partial charge on any atom is -0.312 e. The number of benzene rings is 3. The first-order valence-electron chi connectivity index (χ1n) is 10.00. The van der Waals surface area contributed by atoms with Crippen molar-refractivity contribution in [2.45, 2.75) is 25.8 Å². The molecule has 0 spiro atoms. The Morgan fingerprint density at radius 3 is 2.24 bits per heavy atom. The van der Waals surface area contributed by atoms with Gasteiger partial charge in [-0.1, -0.05) is 66.7 Å². The van der Waals surface area contributed by atoms with E-state index in [1.54, 1.807) is 9.80 Å². The predicted octanol–water partition coefficient (Wildman–Crippen LogP) is 4.59. The van der Waals surface area contributed by atoms with Crippen molar-refractivity contribution < 1.29 is 9.59 Å². The highest BCUT2D eigenvalue weighted by Crippen LogP contribution is 2.27. The van der Waals surface area contributed by atoms with Crippen LogP contribution in [0.1, 0.15) is 24.0 Å². The standard InChI is InChI=1S/C25H24N2O2/c28-24(26-17-9-13-21-12-7-8-16-23(21)26)18-25(29)27(22-14-5-2-6-15-22)19-20-10-3-1-4-11-20/h1-8,10-12,14-16H,9,13,17-19H2. The van der Waals surface area contributed by atoms with E-state index >= 15 is 0 Å². The van der Waals surface area contributed by atoms with Crippen LogP contribution in [0.4, 0.5) is 11.4 Å². The molecule has 0 bridgehead atoms. The number of rotatable bonds is 5. The van der Waals surface area contributed by atoms with Crippen LogP contribution in [0.25, 0.3) is 0 Å². The van der Waals surface area contributed by atoms with Gasteiger partial charge in [0.25, 0.3) is 0 Å². The summed E-state index contributed by atoms with van der Waals surface area (Å²) >= 11 is 0. The lowest BCUT2D eigenvalue weighted by Crippen LogP contribution is -2.40. The molecule has 4 nitrogen and oxygen atoms in total. The Morgan fingerprint density at radius 2 is 1.48 bits per heavy atom. The number of fused-ring (bicyclic) bond motifs is 1. The first-order chi connectivity index (χ1) is 14.2. The SMILES string of the molecule is O=C(CC(=O)N1CCCc2ccccc21)N(Cc1ccccc1)c1ccccc1. The normalized spacial score (nSPS) is 12.9. The van der Waals surface area contributed by atoms with E-state index < -0.39 is 0 Å². The summed E-state index contributed by atoms with van der Waals surface area (Å²) in [5.74, 6) is -0.329. The Hall–Kier alpha value is -3.40. The molecule has 0 saturated carbocycles. The van der Waals surface area contributed by atoms with Gasteiger partial charge in [-0.15, -0.1) is 0 Å². The van der Waals surface area contributed by atoms with E-state index in [1.807, 2.05) is 78.9 Å². The molecule has 3 aromatic carbocycles. The summed E-state index contributed by atoms with van der Waals surface area (Å²) in [5.41, 5.74) is 3.93. The van der Waals surface area contributed by atoms with Crippen molar-refractivity contribution in [1.29, 1.82) is 0 Å². The average molecular weight is 384 g/mol. The second kappa shape index (κ2) is 8.74. The maximum atomic E-state index is 13.2. The van der Waals surface area contributed by atoms with Crippen molar-refractivity contribution in [3.05, 3.63) is 96.1 Å². The van der Waals surface area contributed by atoms with Gasteiger partial charge >= 0.3 is 0 Å². The lowest BCUT2D eigenvalue weighted by molar-refractivity contribution is -0.126. The zero-order valence-corrected chi connectivity index (χ0v) is 16.3. The molecule has 0 unspecified atom stereocenters. The van der Waals surface area contributed by atoms with Crippen LogP contribution in [0.5, 0.6) is 0 Å². The average Bonchev–Trinajstić information content (AvgIpc) is 2.78. The smallest absolute Gasteiger partial charge is 0.236 e. The van der Waals surface area contributed by atoms with Crippen LogP contribution in [-0.2, 0) is 22.6 Å². The summed E-state index contributed by atoms with van der Waals surface area (Å²) in [6, 6.07) is 27.4. The third-order valence-electron chi connectivity index (χ3n) is 5.27. The number of amides is 2. The Balaban J connectivity index is 1.55. The molecule has 0 N–H and O–H groups in total. The first kappa shape index (κ1) is 18.9. The van der Waals surface area contributed by atoms with Crippen LogP contribution >= 0.6 is 0 Å². The summed E-state index contributed by atoms with van der Waals surface area (Å²) in [4.78, 5) is 29.7. The van der Waals surface area contributed by atoms with Crippen LogP contribution in [0.2, 0.25) is 0 Å². The van der Waals surface area contributed by atoms with Crippen molar-refractivity contribution in [1.82, 2.24) is 0 Å². The van der Waals surface area contributed by atoms with E-state index in [-0.39, 0.29) is 18.2 Å². The van der Waals surface area contributed by atoms with Crippen LogP contribution in [0.15, 0.2) is 84.9 Å². The van der Waals surface area contributed by atoms with E-state index in [1.165, 1.54) is 5.56 Å². The Kier molecular flexibility index (Phi) is 5.71. The van der Waals surface area contributed by atoms with Gasteiger partial charge in [-0.25, -0.2) is 0 Å². The number of hydrogen-bond acceptors (Lipinski definition) is 2. The van der Waals surface area contributed by atoms with E-state index in [0.717, 1.165) is 29.8 Å². The number of carbonyl (C=O) groups excluding carboxylic acids is 2. The van der Waals surface area contributed by atoms with Gasteiger partial charge in [0.1, 0.15) is 6.42 Å². The number of anilines is 2. The molecule has 0 atom stereocenters. The van der Waals surface area contributed by atoms with Gasteiger partial charge in [-0.05, 0) is 42.2 Å². The largest absolute Gasteiger partial charge is 0.312 e. The summed E-state index contributed by atoms with van der Waals surface area (Å²) in [5, 5.41) is 0. The van der Waals surface area contributed by atoms with Gasteiger partial charge in [0, 0.05) is 17.9 Å². The molecular formula is C25H24N2O2. The molecule has 1 aliphatic rings. The summed E-state index contributed by atoms with van der Waals surface area (Å²) in [6.45, 7) is 1.10. The molecule has 2 amide bonds. The second-order valence-electron chi connectivity index (χ2n) is 7.26. The summed E-state index contributed by atoms with van der Waals surface area (Å²) in [7, 11) is 0. The monoisotopic (exact) mass is 384 g/mol. The van der Waals surface area contributed by atoms with Gasteiger partial charge in [-0.3, -0.25) is 9.59 Å². The fourth-order valence-corrected chi connectivity index (χ4v) is 3.81. The van der Waals surface area contributed by atoms with Crippen LogP contribution in [-0.4, -0.2) is 18.4 Å². The third kappa shape index (κ3) is 4.37. The van der Waals surface area contributed by atoms with Gasteiger partial charge in [0.15, 0.2) is 0 Å². The number of nitrogens with zero attached hydrogens (tertiary/aromatic N) is 2.